The molecular formula is C9H13N3O3. The lowest BCUT2D eigenvalue weighted by Gasteiger charge is -2.11. The van der Waals surface area contributed by atoms with Gasteiger partial charge in [0, 0.05) is 12.7 Å². The molecule has 0 aliphatic heterocycles. The van der Waals surface area contributed by atoms with Crippen LogP contribution in [-0.4, -0.2) is 40.4 Å². The SMILES string of the molecule is NC(=O)c1cccnc1NCC(O)CO. The molecule has 0 saturated heterocycles. The van der Waals surface area contributed by atoms with Gasteiger partial charge in [-0.2, -0.15) is 0 Å². The van der Waals surface area contributed by atoms with E-state index in [9.17, 15) is 4.79 Å². The molecule has 1 atom stereocenters. The molecule has 1 rings (SSSR count). The number of amides is 1. The Balaban J connectivity index is 2.72. The van der Waals surface area contributed by atoms with Crippen molar-refractivity contribution in [1.82, 2.24) is 4.98 Å². The smallest absolute Gasteiger partial charge is 0.252 e. The maximum absolute atomic E-state index is 11.0. The first kappa shape index (κ1) is 11.4. The van der Waals surface area contributed by atoms with Crippen LogP contribution in [0.2, 0.25) is 0 Å². The molecule has 0 aromatic carbocycles. The number of rotatable bonds is 5. The number of carbonyl (C=O) groups is 1. The normalized spacial score (nSPS) is 12.1. The van der Waals surface area contributed by atoms with E-state index in [1.165, 1.54) is 12.3 Å². The zero-order chi connectivity index (χ0) is 11.3. The van der Waals surface area contributed by atoms with E-state index in [0.717, 1.165) is 0 Å². The summed E-state index contributed by atoms with van der Waals surface area (Å²) in [6.45, 7) is -0.250. The van der Waals surface area contributed by atoms with Crippen molar-refractivity contribution in [2.75, 3.05) is 18.5 Å². The summed E-state index contributed by atoms with van der Waals surface area (Å²) in [5, 5.41) is 20.4. The van der Waals surface area contributed by atoms with E-state index in [-0.39, 0.29) is 18.7 Å². The highest BCUT2D eigenvalue weighted by molar-refractivity contribution is 5.97. The summed E-state index contributed by atoms with van der Waals surface area (Å²) in [6.07, 6.45) is 0.604. The summed E-state index contributed by atoms with van der Waals surface area (Å²) in [7, 11) is 0. The third-order valence-electron chi connectivity index (χ3n) is 1.79. The van der Waals surface area contributed by atoms with Crippen molar-refractivity contribution in [3.8, 4) is 0 Å². The lowest BCUT2D eigenvalue weighted by Crippen LogP contribution is -2.25. The summed E-state index contributed by atoms with van der Waals surface area (Å²) < 4.78 is 0. The van der Waals surface area contributed by atoms with Gasteiger partial charge in [0.15, 0.2) is 0 Å². The van der Waals surface area contributed by atoms with Gasteiger partial charge in [0.25, 0.3) is 5.91 Å². The van der Waals surface area contributed by atoms with Crippen LogP contribution in [0, 0.1) is 0 Å². The molecule has 1 heterocycles. The Hall–Kier alpha value is -1.66. The van der Waals surface area contributed by atoms with Crippen LogP contribution in [-0.2, 0) is 0 Å². The van der Waals surface area contributed by atoms with Crippen LogP contribution in [0.3, 0.4) is 0 Å². The first-order valence-corrected chi connectivity index (χ1v) is 4.42. The van der Waals surface area contributed by atoms with Gasteiger partial charge in [-0.05, 0) is 12.1 Å². The Morgan fingerprint density at radius 2 is 2.40 bits per heavy atom. The Kier molecular flexibility index (Phi) is 4.02. The number of nitrogens with two attached hydrogens (primary N) is 1. The third-order valence-corrected chi connectivity index (χ3v) is 1.79. The largest absolute Gasteiger partial charge is 0.394 e. The Morgan fingerprint density at radius 1 is 1.67 bits per heavy atom. The van der Waals surface area contributed by atoms with Crippen molar-refractivity contribution < 1.29 is 15.0 Å². The molecule has 5 N–H and O–H groups in total. The zero-order valence-corrected chi connectivity index (χ0v) is 8.05. The van der Waals surface area contributed by atoms with Crippen LogP contribution >= 0.6 is 0 Å². The van der Waals surface area contributed by atoms with E-state index in [4.69, 9.17) is 15.9 Å². The van der Waals surface area contributed by atoms with E-state index in [1.807, 2.05) is 0 Å². The molecule has 1 aromatic rings. The molecule has 6 heteroatoms. The Morgan fingerprint density at radius 3 is 3.00 bits per heavy atom. The van der Waals surface area contributed by atoms with E-state index >= 15 is 0 Å². The van der Waals surface area contributed by atoms with Crippen LogP contribution in [0.5, 0.6) is 0 Å². The molecule has 1 aromatic heterocycles. The summed E-state index contributed by atoms with van der Waals surface area (Å²) in [6, 6.07) is 3.12. The van der Waals surface area contributed by atoms with Gasteiger partial charge in [-0.3, -0.25) is 4.79 Å². The van der Waals surface area contributed by atoms with Crippen molar-refractivity contribution >= 4 is 11.7 Å². The fourth-order valence-corrected chi connectivity index (χ4v) is 1.02. The Labute approximate surface area is 86.8 Å². The third kappa shape index (κ3) is 3.19. The molecular weight excluding hydrogens is 198 g/mol. The molecule has 0 aliphatic rings. The first-order valence-electron chi connectivity index (χ1n) is 4.42. The minimum Gasteiger partial charge on any atom is -0.394 e. The summed E-state index contributed by atoms with van der Waals surface area (Å²) in [5.41, 5.74) is 5.38. The molecule has 0 fully saturated rings. The molecule has 0 radical (unpaired) electrons. The number of primary amides is 1. The van der Waals surface area contributed by atoms with Crippen molar-refractivity contribution in [1.29, 1.82) is 0 Å². The monoisotopic (exact) mass is 211 g/mol. The van der Waals surface area contributed by atoms with Crippen molar-refractivity contribution in [2.24, 2.45) is 5.73 Å². The standard InChI is InChI=1S/C9H13N3O3/c10-8(15)7-2-1-3-11-9(7)12-4-6(14)5-13/h1-3,6,13-14H,4-5H2,(H2,10,15)(H,11,12). The van der Waals surface area contributed by atoms with E-state index < -0.39 is 12.0 Å². The summed E-state index contributed by atoms with van der Waals surface area (Å²) >= 11 is 0. The first-order chi connectivity index (χ1) is 7.15. The zero-order valence-electron chi connectivity index (χ0n) is 8.05. The Bertz CT molecular complexity index is 343. The number of carbonyl (C=O) groups excluding carboxylic acids is 1. The number of nitrogens with one attached hydrogen (secondary N) is 1. The van der Waals surface area contributed by atoms with E-state index in [2.05, 4.69) is 10.3 Å². The predicted octanol–water partition coefficient (Wildman–Crippen LogP) is -1.05. The van der Waals surface area contributed by atoms with Crippen molar-refractivity contribution in [3.05, 3.63) is 23.9 Å². The van der Waals surface area contributed by atoms with Crippen LogP contribution in [0.25, 0.3) is 0 Å². The van der Waals surface area contributed by atoms with Crippen LogP contribution < -0.4 is 11.1 Å². The molecule has 15 heavy (non-hydrogen) atoms. The number of hydrogen-bond acceptors (Lipinski definition) is 5. The molecule has 1 amide bonds. The highest BCUT2D eigenvalue weighted by Crippen LogP contribution is 2.09. The van der Waals surface area contributed by atoms with Crippen molar-refractivity contribution in [2.45, 2.75) is 6.10 Å². The van der Waals surface area contributed by atoms with Gasteiger partial charge in [-0.1, -0.05) is 0 Å². The number of anilines is 1. The van der Waals surface area contributed by atoms with Crippen LogP contribution in [0.4, 0.5) is 5.82 Å². The number of hydrogen-bond donors (Lipinski definition) is 4. The second kappa shape index (κ2) is 5.28. The number of aliphatic hydroxyl groups excluding tert-OH is 2. The van der Waals surface area contributed by atoms with Gasteiger partial charge in [0.1, 0.15) is 5.82 Å². The number of aromatic nitrogens is 1. The summed E-state index contributed by atoms with van der Waals surface area (Å²) in [5.74, 6) is -0.290. The fraction of sp³-hybridized carbons (Fsp3) is 0.333. The quantitative estimate of drug-likeness (QED) is 0.496. The minimum atomic E-state index is -0.896. The molecule has 82 valence electrons. The minimum absolute atomic E-state index is 0.105. The predicted molar refractivity (Wildman–Crippen MR) is 54.3 cm³/mol. The molecule has 6 nitrogen and oxygen atoms in total. The average Bonchev–Trinajstić information content (AvgIpc) is 2.26. The van der Waals surface area contributed by atoms with Gasteiger partial charge in [-0.25, -0.2) is 4.98 Å². The van der Waals surface area contributed by atoms with Gasteiger partial charge < -0.3 is 21.3 Å². The number of nitrogens with zero attached hydrogens (tertiary/aromatic N) is 1. The molecule has 0 spiro atoms. The maximum atomic E-state index is 11.0. The van der Waals surface area contributed by atoms with Gasteiger partial charge in [-0.15, -0.1) is 0 Å². The van der Waals surface area contributed by atoms with Gasteiger partial charge in [0.05, 0.1) is 18.3 Å². The molecule has 1 unspecified atom stereocenters. The number of aliphatic hydroxyl groups is 2. The van der Waals surface area contributed by atoms with Gasteiger partial charge >= 0.3 is 0 Å². The van der Waals surface area contributed by atoms with Crippen LogP contribution in [0.1, 0.15) is 10.4 Å². The second-order valence-corrected chi connectivity index (χ2v) is 2.98. The highest BCUT2D eigenvalue weighted by Gasteiger charge is 2.09. The molecule has 0 bridgehead atoms. The van der Waals surface area contributed by atoms with Crippen LogP contribution in [0.15, 0.2) is 18.3 Å². The van der Waals surface area contributed by atoms with Crippen molar-refractivity contribution in [3.63, 3.8) is 0 Å². The lowest BCUT2D eigenvalue weighted by molar-refractivity contribution is 0.0998. The summed E-state index contributed by atoms with van der Waals surface area (Å²) in [4.78, 5) is 14.9. The van der Waals surface area contributed by atoms with Gasteiger partial charge in [0.2, 0.25) is 0 Å². The topological polar surface area (TPSA) is 108 Å². The second-order valence-electron chi connectivity index (χ2n) is 2.98. The fourth-order valence-electron chi connectivity index (χ4n) is 1.02. The average molecular weight is 211 g/mol. The highest BCUT2D eigenvalue weighted by atomic mass is 16.3. The maximum Gasteiger partial charge on any atom is 0.252 e. The van der Waals surface area contributed by atoms with E-state index in [0.29, 0.717) is 5.82 Å². The lowest BCUT2D eigenvalue weighted by atomic mass is 10.2. The molecule has 0 aliphatic carbocycles. The molecule has 0 saturated carbocycles. The number of pyridine rings is 1. The van der Waals surface area contributed by atoms with E-state index in [1.54, 1.807) is 6.07 Å².